The third-order valence-corrected chi connectivity index (χ3v) is 13.5. The molecule has 118 valence electrons. The number of hydrogen-bond acceptors (Lipinski definition) is 0. The van der Waals surface area contributed by atoms with Gasteiger partial charge in [-0.2, -0.15) is 0 Å². The second-order valence-corrected chi connectivity index (χ2v) is 14.2. The molecular weight excluding hydrogens is 268 g/mol. The van der Waals surface area contributed by atoms with Gasteiger partial charge in [0.05, 0.1) is 8.07 Å². The smallest absolute Gasteiger partial charge is 0.0849 e. The quantitative estimate of drug-likeness (QED) is 0.428. The first-order chi connectivity index (χ1) is 9.84. The normalized spacial score (nSPS) is 32.8. The Bertz CT molecular complexity index is 402. The average molecular weight is 303 g/mol. The van der Waals surface area contributed by atoms with Gasteiger partial charge in [-0.15, -0.1) is 12.3 Å². The topological polar surface area (TPSA) is 0 Å². The first-order valence-corrected chi connectivity index (χ1v) is 11.3. The van der Waals surface area contributed by atoms with Crippen LogP contribution in [0.1, 0.15) is 60.8 Å². The van der Waals surface area contributed by atoms with E-state index in [4.69, 9.17) is 6.42 Å². The predicted molar refractivity (Wildman–Crippen MR) is 96.8 cm³/mol. The Morgan fingerprint density at radius 3 is 1.95 bits per heavy atom. The fraction of sp³-hybridized carbons (Fsp3) is 0.800. The standard InChI is InChI=1S/C20H34Si/c1-8-19-17-9-10-18(13-17)20(19)11-12-21(14(2)3,15(4)5)16(6)7/h1,11-12,14-20H,9-10,13H2,2-7H3/b12-11+/t17-,18+,19+,20-/m0/s1. The molecule has 2 bridgehead atoms. The molecule has 0 unspecified atom stereocenters. The highest BCUT2D eigenvalue weighted by molar-refractivity contribution is 6.87. The van der Waals surface area contributed by atoms with E-state index in [2.05, 4.69) is 59.2 Å². The number of rotatable bonds is 5. The van der Waals surface area contributed by atoms with Crippen LogP contribution >= 0.6 is 0 Å². The SMILES string of the molecule is C#C[C@@H]1[C@H]2CC[C@H](C2)[C@@H]1/C=C/[Si](C(C)C)(C(C)C)C(C)C. The molecule has 0 heterocycles. The third kappa shape index (κ3) is 2.77. The van der Waals surface area contributed by atoms with Crippen molar-refractivity contribution in [2.24, 2.45) is 23.7 Å². The molecule has 0 saturated heterocycles. The summed E-state index contributed by atoms with van der Waals surface area (Å²) in [6, 6.07) is 0. The first kappa shape index (κ1) is 16.9. The highest BCUT2D eigenvalue weighted by Gasteiger charge is 2.46. The zero-order chi connectivity index (χ0) is 15.8. The molecule has 0 aromatic heterocycles. The molecule has 2 aliphatic rings. The van der Waals surface area contributed by atoms with Crippen molar-refractivity contribution in [2.45, 2.75) is 77.4 Å². The maximum atomic E-state index is 5.86. The maximum absolute atomic E-state index is 5.86. The number of terminal acetylenes is 1. The van der Waals surface area contributed by atoms with Crippen LogP contribution in [0.25, 0.3) is 0 Å². The molecule has 1 heteroatoms. The van der Waals surface area contributed by atoms with E-state index in [0.717, 1.165) is 28.5 Å². The van der Waals surface area contributed by atoms with E-state index in [-0.39, 0.29) is 0 Å². The zero-order valence-electron chi connectivity index (χ0n) is 14.9. The van der Waals surface area contributed by atoms with Gasteiger partial charge in [0.1, 0.15) is 0 Å². The van der Waals surface area contributed by atoms with Crippen molar-refractivity contribution < 1.29 is 0 Å². The molecule has 0 nitrogen and oxygen atoms in total. The molecule has 2 fully saturated rings. The average Bonchev–Trinajstić information content (AvgIpc) is 2.98. The predicted octanol–water partition coefficient (Wildman–Crippen LogP) is 6.06. The molecule has 2 aliphatic carbocycles. The van der Waals surface area contributed by atoms with Crippen LogP contribution in [-0.2, 0) is 0 Å². The van der Waals surface area contributed by atoms with Crippen LogP contribution in [0.15, 0.2) is 11.8 Å². The maximum Gasteiger partial charge on any atom is 0.0849 e. The van der Waals surface area contributed by atoms with Crippen molar-refractivity contribution in [1.29, 1.82) is 0 Å². The lowest BCUT2D eigenvalue weighted by Crippen LogP contribution is -2.43. The van der Waals surface area contributed by atoms with E-state index >= 15 is 0 Å². The molecule has 0 amide bonds. The second kappa shape index (κ2) is 6.33. The summed E-state index contributed by atoms with van der Waals surface area (Å²) in [7, 11) is -1.41. The van der Waals surface area contributed by atoms with Crippen molar-refractivity contribution in [3.63, 3.8) is 0 Å². The summed E-state index contributed by atoms with van der Waals surface area (Å²) >= 11 is 0. The van der Waals surface area contributed by atoms with E-state index in [9.17, 15) is 0 Å². The van der Waals surface area contributed by atoms with Crippen molar-refractivity contribution in [3.8, 4) is 12.3 Å². The number of hydrogen-bond donors (Lipinski definition) is 0. The van der Waals surface area contributed by atoms with E-state index in [1.165, 1.54) is 19.3 Å². The van der Waals surface area contributed by atoms with E-state index in [0.29, 0.717) is 11.8 Å². The summed E-state index contributed by atoms with van der Waals surface area (Å²) < 4.78 is 0. The van der Waals surface area contributed by atoms with Gasteiger partial charge < -0.3 is 0 Å². The molecule has 0 aromatic rings. The molecule has 21 heavy (non-hydrogen) atoms. The summed E-state index contributed by atoms with van der Waals surface area (Å²) in [6.07, 6.45) is 12.6. The molecule has 0 aromatic carbocycles. The summed E-state index contributed by atoms with van der Waals surface area (Å²) in [5.41, 5.74) is 5.12. The van der Waals surface area contributed by atoms with Crippen LogP contribution in [0.5, 0.6) is 0 Å². The van der Waals surface area contributed by atoms with Gasteiger partial charge in [-0.3, -0.25) is 0 Å². The Hall–Kier alpha value is -0.483. The Balaban J connectivity index is 2.26. The monoisotopic (exact) mass is 302 g/mol. The van der Waals surface area contributed by atoms with Gasteiger partial charge in [-0.05, 0) is 53.6 Å². The molecule has 2 saturated carbocycles. The van der Waals surface area contributed by atoms with Crippen LogP contribution in [0.3, 0.4) is 0 Å². The Morgan fingerprint density at radius 1 is 0.952 bits per heavy atom. The highest BCUT2D eigenvalue weighted by Crippen LogP contribution is 2.53. The summed E-state index contributed by atoms with van der Waals surface area (Å²) in [4.78, 5) is 0. The van der Waals surface area contributed by atoms with Crippen molar-refractivity contribution in [2.75, 3.05) is 0 Å². The molecule has 0 N–H and O–H groups in total. The molecular formula is C20H34Si. The lowest BCUT2D eigenvalue weighted by Gasteiger charge is -2.41. The van der Waals surface area contributed by atoms with Crippen molar-refractivity contribution in [3.05, 3.63) is 11.8 Å². The van der Waals surface area contributed by atoms with Gasteiger partial charge in [0.25, 0.3) is 0 Å². The minimum absolute atomic E-state index is 0.526. The van der Waals surface area contributed by atoms with Crippen LogP contribution in [0.4, 0.5) is 0 Å². The number of allylic oxidation sites excluding steroid dienone is 1. The minimum Gasteiger partial charge on any atom is -0.120 e. The summed E-state index contributed by atoms with van der Waals surface area (Å²) in [5, 5.41) is 0. The Labute approximate surface area is 133 Å². The van der Waals surface area contributed by atoms with Crippen molar-refractivity contribution >= 4 is 8.07 Å². The van der Waals surface area contributed by atoms with Crippen LogP contribution < -0.4 is 0 Å². The lowest BCUT2D eigenvalue weighted by molar-refractivity contribution is 0.328. The second-order valence-electron chi connectivity index (χ2n) is 8.43. The van der Waals surface area contributed by atoms with Crippen LogP contribution in [-0.4, -0.2) is 8.07 Å². The van der Waals surface area contributed by atoms with Gasteiger partial charge in [-0.1, -0.05) is 53.3 Å². The molecule has 0 spiro atoms. The zero-order valence-corrected chi connectivity index (χ0v) is 15.9. The first-order valence-electron chi connectivity index (χ1n) is 9.00. The molecule has 0 radical (unpaired) electrons. The van der Waals surface area contributed by atoms with E-state index in [1.54, 1.807) is 0 Å². The van der Waals surface area contributed by atoms with Crippen molar-refractivity contribution in [1.82, 2.24) is 0 Å². The molecule has 2 rings (SSSR count). The summed E-state index contributed by atoms with van der Waals surface area (Å²) in [6.45, 7) is 14.6. The fourth-order valence-electron chi connectivity index (χ4n) is 5.72. The molecule has 4 atom stereocenters. The number of fused-ring (bicyclic) bond motifs is 2. The highest BCUT2D eigenvalue weighted by atomic mass is 28.3. The largest absolute Gasteiger partial charge is 0.120 e. The van der Waals surface area contributed by atoms with Gasteiger partial charge in [0, 0.05) is 5.92 Å². The Morgan fingerprint density at radius 2 is 1.48 bits per heavy atom. The van der Waals surface area contributed by atoms with Crippen LogP contribution in [0, 0.1) is 36.0 Å². The van der Waals surface area contributed by atoms with Gasteiger partial charge in [0.15, 0.2) is 0 Å². The third-order valence-electron chi connectivity index (χ3n) is 6.78. The van der Waals surface area contributed by atoms with Gasteiger partial charge >= 0.3 is 0 Å². The van der Waals surface area contributed by atoms with Gasteiger partial charge in [0.2, 0.25) is 0 Å². The van der Waals surface area contributed by atoms with Crippen LogP contribution in [0.2, 0.25) is 16.6 Å². The van der Waals surface area contributed by atoms with Gasteiger partial charge in [-0.25, -0.2) is 0 Å². The van der Waals surface area contributed by atoms with E-state index < -0.39 is 8.07 Å². The fourth-order valence-corrected chi connectivity index (χ4v) is 11.4. The Kier molecular flexibility index (Phi) is 5.09. The summed E-state index contributed by atoms with van der Waals surface area (Å²) in [5.74, 6) is 6.04. The van der Waals surface area contributed by atoms with E-state index in [1.807, 2.05) is 0 Å². The molecule has 0 aliphatic heterocycles. The minimum atomic E-state index is -1.41. The lowest BCUT2D eigenvalue weighted by atomic mass is 9.80.